The van der Waals surface area contributed by atoms with Gasteiger partial charge in [-0.2, -0.15) is 5.26 Å². The average molecular weight is 554 g/mol. The number of unbranched alkanes of at least 4 members (excludes halogenated alkanes) is 1. The average Bonchev–Trinajstić information content (AvgIpc) is 3.18. The van der Waals surface area contributed by atoms with E-state index >= 15 is 0 Å². The minimum atomic E-state index is -0.322. The smallest absolute Gasteiger partial charge is 0.270 e. The lowest BCUT2D eigenvalue weighted by Crippen LogP contribution is -2.49. The number of para-hydroxylation sites is 1. The maximum atomic E-state index is 14.4. The van der Waals surface area contributed by atoms with Gasteiger partial charge in [0, 0.05) is 44.3 Å². The summed E-state index contributed by atoms with van der Waals surface area (Å²) < 4.78 is 16.6. The molecule has 0 bridgehead atoms. The summed E-state index contributed by atoms with van der Waals surface area (Å²) >= 11 is 6.71. The minimum Gasteiger partial charge on any atom is -0.366 e. The quantitative estimate of drug-likeness (QED) is 0.357. The van der Waals surface area contributed by atoms with E-state index in [0.29, 0.717) is 64.6 Å². The van der Waals surface area contributed by atoms with Crippen LogP contribution in [0.1, 0.15) is 50.3 Å². The van der Waals surface area contributed by atoms with E-state index in [1.807, 2.05) is 24.8 Å². The van der Waals surface area contributed by atoms with Crippen LogP contribution in [0.25, 0.3) is 6.08 Å². The molecular formula is C28H32FN5O2S2. The Bertz CT molecular complexity index is 1390. The molecule has 1 aromatic heterocycles. The topological polar surface area (TPSA) is 72.6 Å². The molecule has 2 aliphatic heterocycles. The fraction of sp³-hybridized carbons (Fsp3) is 0.429. The van der Waals surface area contributed by atoms with E-state index in [0.717, 1.165) is 12.8 Å². The number of nitriles is 1. The summed E-state index contributed by atoms with van der Waals surface area (Å²) in [6, 6.07) is 8.75. The lowest BCUT2D eigenvalue weighted by Gasteiger charge is -2.39. The number of carbonyl (C=O) groups is 1. The Labute approximate surface area is 232 Å². The molecule has 0 spiro atoms. The van der Waals surface area contributed by atoms with Crippen molar-refractivity contribution in [2.24, 2.45) is 0 Å². The minimum absolute atomic E-state index is 0.0754. The molecule has 2 aliphatic rings. The van der Waals surface area contributed by atoms with Crippen molar-refractivity contribution in [3.05, 3.63) is 62.0 Å². The normalized spacial score (nSPS) is 17.2. The van der Waals surface area contributed by atoms with Crippen molar-refractivity contribution >= 4 is 51.8 Å². The van der Waals surface area contributed by atoms with E-state index in [1.165, 1.54) is 17.8 Å². The van der Waals surface area contributed by atoms with E-state index in [-0.39, 0.29) is 28.9 Å². The standard InChI is InChI=1S/C28H32FN5O2S2/c1-5-6-11-33-25(32-14-12-31(13-15-32)23-10-8-7-9-22(23)29)20(19(4)21(17-30)26(33)35)16-24-27(36)34(18(2)3)28(37)38-24/h7-10,16,18H,5-6,11-15H2,1-4H3/b24-16-. The maximum absolute atomic E-state index is 14.4. The number of nitrogens with zero attached hydrogens (tertiary/aromatic N) is 5. The molecule has 10 heteroatoms. The number of hydrogen-bond acceptors (Lipinski definition) is 7. The Morgan fingerprint density at radius 3 is 2.39 bits per heavy atom. The Kier molecular flexibility index (Phi) is 8.58. The van der Waals surface area contributed by atoms with Crippen LogP contribution < -0.4 is 15.4 Å². The van der Waals surface area contributed by atoms with E-state index in [1.54, 1.807) is 34.6 Å². The van der Waals surface area contributed by atoms with Crippen LogP contribution in [0.15, 0.2) is 34.0 Å². The van der Waals surface area contributed by atoms with Crippen LogP contribution in [0.3, 0.4) is 0 Å². The summed E-state index contributed by atoms with van der Waals surface area (Å²) in [4.78, 5) is 32.9. The third-order valence-corrected chi connectivity index (χ3v) is 8.30. The molecule has 2 aromatic rings. The molecular weight excluding hydrogens is 521 g/mol. The van der Waals surface area contributed by atoms with Gasteiger partial charge in [-0.25, -0.2) is 4.39 Å². The van der Waals surface area contributed by atoms with Crippen molar-refractivity contribution < 1.29 is 9.18 Å². The van der Waals surface area contributed by atoms with Crippen LogP contribution in [0, 0.1) is 24.1 Å². The highest BCUT2D eigenvalue weighted by molar-refractivity contribution is 8.26. The number of piperazine rings is 1. The molecule has 2 saturated heterocycles. The van der Waals surface area contributed by atoms with Gasteiger partial charge in [-0.05, 0) is 51.0 Å². The van der Waals surface area contributed by atoms with Crippen molar-refractivity contribution in [1.82, 2.24) is 9.47 Å². The van der Waals surface area contributed by atoms with Crippen LogP contribution in [-0.4, -0.2) is 51.9 Å². The molecule has 0 saturated carbocycles. The highest BCUT2D eigenvalue weighted by Crippen LogP contribution is 2.37. The maximum Gasteiger partial charge on any atom is 0.270 e. The van der Waals surface area contributed by atoms with Gasteiger partial charge in [0.25, 0.3) is 11.5 Å². The monoisotopic (exact) mass is 553 g/mol. The summed E-state index contributed by atoms with van der Waals surface area (Å²) in [7, 11) is 0. The molecule has 0 N–H and O–H groups in total. The zero-order valence-electron chi connectivity index (χ0n) is 22.2. The van der Waals surface area contributed by atoms with Gasteiger partial charge >= 0.3 is 0 Å². The second-order valence-electron chi connectivity index (χ2n) is 9.73. The molecule has 3 heterocycles. The highest BCUT2D eigenvalue weighted by atomic mass is 32.2. The Morgan fingerprint density at radius 2 is 1.82 bits per heavy atom. The summed E-state index contributed by atoms with van der Waals surface area (Å²) in [6.07, 6.45) is 3.44. The second-order valence-corrected chi connectivity index (χ2v) is 11.4. The van der Waals surface area contributed by atoms with Gasteiger partial charge < -0.3 is 9.80 Å². The van der Waals surface area contributed by atoms with Crippen molar-refractivity contribution in [3.63, 3.8) is 0 Å². The number of halogens is 1. The lowest BCUT2D eigenvalue weighted by atomic mass is 10.0. The van der Waals surface area contributed by atoms with Gasteiger partial charge in [0.15, 0.2) is 0 Å². The summed E-state index contributed by atoms with van der Waals surface area (Å²) in [5, 5.41) is 9.89. The predicted molar refractivity (Wildman–Crippen MR) is 156 cm³/mol. The molecule has 1 aromatic carbocycles. The SMILES string of the molecule is CCCCn1c(N2CCN(c3ccccc3F)CC2)c(/C=C2\SC(=S)N(C(C)C)C2=O)c(C)c(C#N)c1=O. The van der Waals surface area contributed by atoms with Gasteiger partial charge in [0.1, 0.15) is 27.6 Å². The Hall–Kier alpha value is -3.16. The first-order valence-electron chi connectivity index (χ1n) is 12.9. The summed E-state index contributed by atoms with van der Waals surface area (Å²) in [5.74, 6) is 0.264. The molecule has 1 amide bonds. The third-order valence-electron chi connectivity index (χ3n) is 6.97. The second kappa shape index (κ2) is 11.7. The van der Waals surface area contributed by atoms with Gasteiger partial charge in [0.2, 0.25) is 0 Å². The fourth-order valence-electron chi connectivity index (χ4n) is 4.93. The van der Waals surface area contributed by atoms with E-state index < -0.39 is 0 Å². The number of anilines is 2. The van der Waals surface area contributed by atoms with Crippen LogP contribution in [-0.2, 0) is 11.3 Å². The van der Waals surface area contributed by atoms with Crippen molar-refractivity contribution in [3.8, 4) is 6.07 Å². The largest absolute Gasteiger partial charge is 0.366 e. The first-order valence-corrected chi connectivity index (χ1v) is 14.1. The van der Waals surface area contributed by atoms with E-state index in [9.17, 15) is 19.2 Å². The number of aromatic nitrogens is 1. The number of hydrogen-bond donors (Lipinski definition) is 0. The van der Waals surface area contributed by atoms with Crippen molar-refractivity contribution in [1.29, 1.82) is 5.26 Å². The number of thiocarbonyl (C=S) groups is 1. The van der Waals surface area contributed by atoms with Crippen molar-refractivity contribution in [2.75, 3.05) is 36.0 Å². The third kappa shape index (κ3) is 5.22. The van der Waals surface area contributed by atoms with Crippen LogP contribution >= 0.6 is 24.0 Å². The number of thioether (sulfide) groups is 1. The number of rotatable bonds is 7. The van der Waals surface area contributed by atoms with Crippen molar-refractivity contribution in [2.45, 2.75) is 53.1 Å². The summed E-state index contributed by atoms with van der Waals surface area (Å²) in [6.45, 7) is 10.3. The molecule has 0 unspecified atom stereocenters. The number of carbonyl (C=O) groups excluding carboxylic acids is 1. The lowest BCUT2D eigenvalue weighted by molar-refractivity contribution is -0.123. The van der Waals surface area contributed by atoms with Crippen LogP contribution in [0.2, 0.25) is 0 Å². The van der Waals surface area contributed by atoms with Gasteiger partial charge in [-0.3, -0.25) is 19.1 Å². The number of amides is 1. The molecule has 38 heavy (non-hydrogen) atoms. The molecule has 0 atom stereocenters. The Morgan fingerprint density at radius 1 is 1.16 bits per heavy atom. The highest BCUT2D eigenvalue weighted by Gasteiger charge is 2.35. The zero-order chi connectivity index (χ0) is 27.6. The molecule has 0 aliphatic carbocycles. The number of benzene rings is 1. The van der Waals surface area contributed by atoms with E-state index in [4.69, 9.17) is 12.2 Å². The van der Waals surface area contributed by atoms with Gasteiger partial charge in [0.05, 0.1) is 10.6 Å². The first kappa shape index (κ1) is 27.9. The summed E-state index contributed by atoms with van der Waals surface area (Å²) in [5.41, 5.74) is 1.55. The Balaban J connectivity index is 1.82. The van der Waals surface area contributed by atoms with Crippen LogP contribution in [0.5, 0.6) is 0 Å². The van der Waals surface area contributed by atoms with Gasteiger partial charge in [-0.1, -0.05) is 49.5 Å². The molecule has 7 nitrogen and oxygen atoms in total. The molecule has 4 rings (SSSR count). The predicted octanol–water partition coefficient (Wildman–Crippen LogP) is 4.90. The number of pyridine rings is 1. The first-order chi connectivity index (χ1) is 18.2. The van der Waals surface area contributed by atoms with E-state index in [2.05, 4.69) is 17.9 Å². The zero-order valence-corrected chi connectivity index (χ0v) is 23.8. The van der Waals surface area contributed by atoms with Gasteiger partial charge in [-0.15, -0.1) is 0 Å². The molecule has 0 radical (unpaired) electrons. The fourth-order valence-corrected chi connectivity index (χ4v) is 6.44. The van der Waals surface area contributed by atoms with Crippen LogP contribution in [0.4, 0.5) is 15.9 Å². The molecule has 200 valence electrons. The molecule has 2 fully saturated rings.